The molecule has 0 atom stereocenters. The van der Waals surface area contributed by atoms with E-state index in [1.54, 1.807) is 0 Å². The van der Waals surface area contributed by atoms with Gasteiger partial charge in [0.1, 0.15) is 17.9 Å². The van der Waals surface area contributed by atoms with Crippen molar-refractivity contribution in [2.24, 2.45) is 0 Å². The fourth-order valence-corrected chi connectivity index (χ4v) is 1.87. The second-order valence-electron chi connectivity index (χ2n) is 3.91. The van der Waals surface area contributed by atoms with Crippen LogP contribution in [0.15, 0.2) is 29.0 Å². The average Bonchev–Trinajstić information content (AvgIpc) is 2.34. The molecule has 0 aliphatic heterocycles. The fourth-order valence-electron chi connectivity index (χ4n) is 1.62. The molecule has 2 N–H and O–H groups in total. The highest BCUT2D eigenvalue weighted by molar-refractivity contribution is 9.10. The van der Waals surface area contributed by atoms with E-state index in [4.69, 9.17) is 10.5 Å². The van der Waals surface area contributed by atoms with E-state index in [1.165, 1.54) is 6.33 Å². The van der Waals surface area contributed by atoms with Crippen molar-refractivity contribution in [2.45, 2.75) is 20.3 Å². The lowest BCUT2D eigenvalue weighted by atomic mass is 10.2. The minimum atomic E-state index is 0.469. The van der Waals surface area contributed by atoms with E-state index in [9.17, 15) is 0 Å². The minimum Gasteiger partial charge on any atom is -0.439 e. The van der Waals surface area contributed by atoms with E-state index in [0.717, 1.165) is 27.8 Å². The first-order valence-electron chi connectivity index (χ1n) is 5.65. The fraction of sp³-hybridized carbons (Fsp3) is 0.231. The topological polar surface area (TPSA) is 61.0 Å². The predicted octanol–water partition coefficient (Wildman–Crippen LogP) is 3.48. The zero-order chi connectivity index (χ0) is 13.1. The lowest BCUT2D eigenvalue weighted by Crippen LogP contribution is -2.01. The van der Waals surface area contributed by atoms with E-state index in [2.05, 4.69) is 25.9 Å². The Morgan fingerprint density at radius 1 is 1.33 bits per heavy atom. The molecule has 2 aromatic rings. The molecular formula is C13H14BrN3O. The van der Waals surface area contributed by atoms with Crippen LogP contribution in [-0.4, -0.2) is 9.97 Å². The quantitative estimate of drug-likeness (QED) is 0.943. The molecule has 0 radical (unpaired) electrons. The number of nitrogen functional groups attached to an aromatic ring is 1. The van der Waals surface area contributed by atoms with Crippen molar-refractivity contribution < 1.29 is 4.74 Å². The third-order valence-corrected chi connectivity index (χ3v) is 3.53. The molecular weight excluding hydrogens is 294 g/mol. The Kier molecular flexibility index (Phi) is 3.81. The van der Waals surface area contributed by atoms with Crippen molar-refractivity contribution in [3.05, 3.63) is 40.1 Å². The summed E-state index contributed by atoms with van der Waals surface area (Å²) in [7, 11) is 0. The molecule has 0 bridgehead atoms. The summed E-state index contributed by atoms with van der Waals surface area (Å²) in [6.07, 6.45) is 2.15. The zero-order valence-electron chi connectivity index (χ0n) is 10.3. The Hall–Kier alpha value is -1.62. The summed E-state index contributed by atoms with van der Waals surface area (Å²) >= 11 is 3.45. The highest BCUT2D eigenvalue weighted by Crippen LogP contribution is 2.28. The van der Waals surface area contributed by atoms with Crippen LogP contribution in [0.5, 0.6) is 11.6 Å². The number of anilines is 1. The van der Waals surface area contributed by atoms with E-state index in [0.29, 0.717) is 11.7 Å². The number of rotatable bonds is 3. The molecule has 0 spiro atoms. The molecule has 0 unspecified atom stereocenters. The maximum atomic E-state index is 5.80. The molecule has 0 amide bonds. The van der Waals surface area contributed by atoms with Crippen LogP contribution in [0.1, 0.15) is 18.1 Å². The number of aromatic nitrogens is 2. The maximum Gasteiger partial charge on any atom is 0.227 e. The lowest BCUT2D eigenvalue weighted by molar-refractivity contribution is 0.455. The number of ether oxygens (including phenoxy) is 1. The number of nitrogens with two attached hydrogens (primary N) is 1. The Morgan fingerprint density at radius 2 is 2.11 bits per heavy atom. The molecule has 0 fully saturated rings. The zero-order valence-corrected chi connectivity index (χ0v) is 11.9. The van der Waals surface area contributed by atoms with E-state index >= 15 is 0 Å². The molecule has 2 rings (SSSR count). The summed E-state index contributed by atoms with van der Waals surface area (Å²) < 4.78 is 6.81. The number of hydrogen-bond donors (Lipinski definition) is 1. The second kappa shape index (κ2) is 5.35. The highest BCUT2D eigenvalue weighted by Gasteiger charge is 2.09. The van der Waals surface area contributed by atoms with Gasteiger partial charge in [-0.1, -0.05) is 22.9 Å². The standard InChI is InChI=1S/C13H14BrN3O/c1-3-10-12(15)16-7-17-13(10)18-9-4-5-11(14)8(2)6-9/h4-7H,3H2,1-2H3,(H2,15,16,17). The van der Waals surface area contributed by atoms with Crippen molar-refractivity contribution in [1.29, 1.82) is 0 Å². The van der Waals surface area contributed by atoms with Gasteiger partial charge in [0.05, 0.1) is 5.56 Å². The largest absolute Gasteiger partial charge is 0.439 e. The summed E-state index contributed by atoms with van der Waals surface area (Å²) in [6, 6.07) is 5.78. The van der Waals surface area contributed by atoms with Gasteiger partial charge in [0, 0.05) is 4.47 Å². The van der Waals surface area contributed by atoms with Gasteiger partial charge in [0.15, 0.2) is 0 Å². The summed E-state index contributed by atoms with van der Waals surface area (Å²) in [4.78, 5) is 8.10. The van der Waals surface area contributed by atoms with Crippen molar-refractivity contribution in [3.8, 4) is 11.6 Å². The maximum absolute atomic E-state index is 5.80. The minimum absolute atomic E-state index is 0.469. The lowest BCUT2D eigenvalue weighted by Gasteiger charge is -2.10. The number of nitrogens with zero attached hydrogens (tertiary/aromatic N) is 2. The summed E-state index contributed by atoms with van der Waals surface area (Å²) in [5.74, 6) is 1.73. The van der Waals surface area contributed by atoms with Gasteiger partial charge in [0.2, 0.25) is 5.88 Å². The summed E-state index contributed by atoms with van der Waals surface area (Å²) in [5, 5.41) is 0. The first kappa shape index (κ1) is 12.8. The molecule has 1 heterocycles. The van der Waals surface area contributed by atoms with Gasteiger partial charge in [0.25, 0.3) is 0 Å². The van der Waals surface area contributed by atoms with Crippen LogP contribution in [0.25, 0.3) is 0 Å². The Balaban J connectivity index is 2.34. The first-order chi connectivity index (χ1) is 8.61. The molecule has 0 saturated heterocycles. The SMILES string of the molecule is CCc1c(N)ncnc1Oc1ccc(Br)c(C)c1. The first-order valence-corrected chi connectivity index (χ1v) is 6.44. The van der Waals surface area contributed by atoms with Crippen molar-refractivity contribution in [1.82, 2.24) is 9.97 Å². The molecule has 5 heteroatoms. The molecule has 0 aliphatic carbocycles. The van der Waals surface area contributed by atoms with Gasteiger partial charge >= 0.3 is 0 Å². The van der Waals surface area contributed by atoms with Crippen LogP contribution in [0.4, 0.5) is 5.82 Å². The van der Waals surface area contributed by atoms with Gasteiger partial charge in [-0.25, -0.2) is 9.97 Å². The van der Waals surface area contributed by atoms with Gasteiger partial charge in [-0.2, -0.15) is 0 Å². The van der Waals surface area contributed by atoms with Crippen molar-refractivity contribution >= 4 is 21.7 Å². The number of halogens is 1. The number of aryl methyl sites for hydroxylation is 1. The third kappa shape index (κ3) is 2.61. The van der Waals surface area contributed by atoms with E-state index in [1.807, 2.05) is 32.0 Å². The molecule has 1 aromatic carbocycles. The Morgan fingerprint density at radius 3 is 2.78 bits per heavy atom. The highest BCUT2D eigenvalue weighted by atomic mass is 79.9. The van der Waals surface area contributed by atoms with Gasteiger partial charge < -0.3 is 10.5 Å². The number of benzene rings is 1. The van der Waals surface area contributed by atoms with Crippen LogP contribution < -0.4 is 10.5 Å². The van der Waals surface area contributed by atoms with E-state index in [-0.39, 0.29) is 0 Å². The normalized spacial score (nSPS) is 10.4. The third-order valence-electron chi connectivity index (χ3n) is 2.64. The summed E-state index contributed by atoms with van der Waals surface area (Å²) in [5.41, 5.74) is 7.74. The van der Waals surface area contributed by atoms with Crippen LogP contribution in [-0.2, 0) is 6.42 Å². The Labute approximate surface area is 114 Å². The molecule has 18 heavy (non-hydrogen) atoms. The molecule has 1 aromatic heterocycles. The monoisotopic (exact) mass is 307 g/mol. The number of hydrogen-bond acceptors (Lipinski definition) is 4. The second-order valence-corrected chi connectivity index (χ2v) is 4.76. The molecule has 94 valence electrons. The van der Waals surface area contributed by atoms with E-state index < -0.39 is 0 Å². The van der Waals surface area contributed by atoms with Crippen LogP contribution in [0.2, 0.25) is 0 Å². The summed E-state index contributed by atoms with van der Waals surface area (Å²) in [6.45, 7) is 4.00. The smallest absolute Gasteiger partial charge is 0.227 e. The average molecular weight is 308 g/mol. The van der Waals surface area contributed by atoms with Crippen molar-refractivity contribution in [3.63, 3.8) is 0 Å². The van der Waals surface area contributed by atoms with Crippen LogP contribution >= 0.6 is 15.9 Å². The molecule has 0 saturated carbocycles. The molecule has 0 aliphatic rings. The predicted molar refractivity (Wildman–Crippen MR) is 74.8 cm³/mol. The van der Waals surface area contributed by atoms with Crippen LogP contribution in [0.3, 0.4) is 0 Å². The Bertz CT molecular complexity index is 572. The van der Waals surface area contributed by atoms with Crippen LogP contribution in [0, 0.1) is 6.92 Å². The van der Waals surface area contributed by atoms with Crippen molar-refractivity contribution in [2.75, 3.05) is 5.73 Å². The molecule has 4 nitrogen and oxygen atoms in total. The van der Waals surface area contributed by atoms with Gasteiger partial charge in [-0.3, -0.25) is 0 Å². The van der Waals surface area contributed by atoms with Gasteiger partial charge in [-0.15, -0.1) is 0 Å². The van der Waals surface area contributed by atoms with Gasteiger partial charge in [-0.05, 0) is 37.1 Å².